The molecule has 0 heterocycles. The third-order valence-electron chi connectivity index (χ3n) is 3.49. The Morgan fingerprint density at radius 1 is 1.27 bits per heavy atom. The molecule has 0 aromatic carbocycles. The van der Waals surface area contributed by atoms with E-state index in [1.165, 1.54) is 32.1 Å². The lowest BCUT2D eigenvalue weighted by molar-refractivity contribution is 0.189. The van der Waals surface area contributed by atoms with Crippen LogP contribution in [0.5, 0.6) is 0 Å². The zero-order valence-electron chi connectivity index (χ0n) is 6.65. The maximum atomic E-state index is 3.88. The van der Waals surface area contributed by atoms with Crippen LogP contribution in [0.4, 0.5) is 0 Å². The van der Waals surface area contributed by atoms with Gasteiger partial charge in [-0.15, -0.1) is 0 Å². The molecule has 0 amide bonds. The number of hydrogen-bond donors (Lipinski definition) is 0. The normalized spacial score (nSPS) is 53.0. The third-order valence-corrected chi connectivity index (χ3v) is 4.36. The minimum Gasteiger partial charge on any atom is -0.0808 e. The van der Waals surface area contributed by atoms with E-state index in [2.05, 4.69) is 22.0 Å². The molecule has 4 rings (SSSR count). The molecule has 4 bridgehead atoms. The van der Waals surface area contributed by atoms with Gasteiger partial charge >= 0.3 is 0 Å². The SMILES string of the molecule is BrC12C=C3CC(CC(C3)C1)C2. The van der Waals surface area contributed by atoms with Crippen LogP contribution in [0, 0.1) is 11.8 Å². The molecule has 2 saturated carbocycles. The summed E-state index contributed by atoms with van der Waals surface area (Å²) >= 11 is 3.88. The predicted molar refractivity (Wildman–Crippen MR) is 49.8 cm³/mol. The monoisotopic (exact) mass is 212 g/mol. The van der Waals surface area contributed by atoms with Crippen LogP contribution in [-0.4, -0.2) is 4.32 Å². The third kappa shape index (κ3) is 0.932. The molecule has 0 saturated heterocycles. The Kier molecular flexibility index (Phi) is 1.18. The van der Waals surface area contributed by atoms with Crippen molar-refractivity contribution >= 4 is 15.9 Å². The van der Waals surface area contributed by atoms with E-state index >= 15 is 0 Å². The molecule has 0 radical (unpaired) electrons. The number of alkyl halides is 1. The van der Waals surface area contributed by atoms with Gasteiger partial charge in [0.25, 0.3) is 0 Å². The first-order chi connectivity index (χ1) is 5.23. The van der Waals surface area contributed by atoms with E-state index in [-0.39, 0.29) is 0 Å². The first kappa shape index (κ1) is 6.71. The standard InChI is InChI=1S/C10H13Br/c11-10-4-7-1-8(5-10)3-9(2-7)6-10/h4,8-9H,1-3,5-6H2. The minimum atomic E-state index is 0.451. The van der Waals surface area contributed by atoms with Gasteiger partial charge in [-0.3, -0.25) is 0 Å². The zero-order valence-corrected chi connectivity index (χ0v) is 8.23. The molecular formula is C10H13Br. The Labute approximate surface area is 76.2 Å². The highest BCUT2D eigenvalue weighted by atomic mass is 79.9. The van der Waals surface area contributed by atoms with E-state index in [9.17, 15) is 0 Å². The predicted octanol–water partition coefficient (Wildman–Crippen LogP) is 3.27. The molecule has 0 N–H and O–H groups in total. The Morgan fingerprint density at radius 2 is 1.91 bits per heavy atom. The Balaban J connectivity index is 2.08. The summed E-state index contributed by atoms with van der Waals surface area (Å²) in [6, 6.07) is 0. The fourth-order valence-corrected chi connectivity index (χ4v) is 4.66. The summed E-state index contributed by atoms with van der Waals surface area (Å²) in [6.45, 7) is 0. The zero-order chi connectivity index (χ0) is 7.47. The van der Waals surface area contributed by atoms with Crippen LogP contribution >= 0.6 is 15.9 Å². The van der Waals surface area contributed by atoms with E-state index in [1.54, 1.807) is 5.57 Å². The summed E-state index contributed by atoms with van der Waals surface area (Å²) in [5.41, 5.74) is 1.75. The largest absolute Gasteiger partial charge is 0.0808 e. The lowest BCUT2D eigenvalue weighted by Gasteiger charge is -2.49. The van der Waals surface area contributed by atoms with Gasteiger partial charge in [0.15, 0.2) is 0 Å². The summed E-state index contributed by atoms with van der Waals surface area (Å²) < 4.78 is 0.451. The summed E-state index contributed by atoms with van der Waals surface area (Å²) in [5.74, 6) is 2.06. The lowest BCUT2D eigenvalue weighted by Crippen LogP contribution is -2.40. The Bertz CT molecular complexity index is 213. The van der Waals surface area contributed by atoms with Crippen LogP contribution in [-0.2, 0) is 0 Å². The molecule has 0 nitrogen and oxygen atoms in total. The summed E-state index contributed by atoms with van der Waals surface area (Å²) in [4.78, 5) is 0. The van der Waals surface area contributed by atoms with Crippen LogP contribution in [0.25, 0.3) is 0 Å². The van der Waals surface area contributed by atoms with Gasteiger partial charge in [0.05, 0.1) is 0 Å². The summed E-state index contributed by atoms with van der Waals surface area (Å²) in [7, 11) is 0. The molecule has 11 heavy (non-hydrogen) atoms. The molecule has 2 unspecified atom stereocenters. The van der Waals surface area contributed by atoms with Crippen molar-refractivity contribution in [2.24, 2.45) is 11.8 Å². The van der Waals surface area contributed by atoms with Gasteiger partial charge in [0, 0.05) is 4.32 Å². The minimum absolute atomic E-state index is 0.451. The molecule has 0 aromatic heterocycles. The maximum absolute atomic E-state index is 3.88. The highest BCUT2D eigenvalue weighted by Gasteiger charge is 2.44. The van der Waals surface area contributed by atoms with Gasteiger partial charge in [-0.1, -0.05) is 27.6 Å². The molecule has 2 fully saturated rings. The second kappa shape index (κ2) is 1.93. The fourth-order valence-electron chi connectivity index (χ4n) is 3.42. The van der Waals surface area contributed by atoms with E-state index in [4.69, 9.17) is 0 Å². The first-order valence-electron chi connectivity index (χ1n) is 4.63. The molecule has 2 atom stereocenters. The van der Waals surface area contributed by atoms with Crippen molar-refractivity contribution in [1.29, 1.82) is 0 Å². The summed E-state index contributed by atoms with van der Waals surface area (Å²) in [6.07, 6.45) is 9.69. The van der Waals surface area contributed by atoms with Crippen molar-refractivity contribution in [2.75, 3.05) is 0 Å². The van der Waals surface area contributed by atoms with Gasteiger partial charge in [0.1, 0.15) is 0 Å². The molecule has 0 aromatic rings. The average molecular weight is 213 g/mol. The van der Waals surface area contributed by atoms with E-state index in [1.807, 2.05) is 0 Å². The van der Waals surface area contributed by atoms with E-state index in [0.29, 0.717) is 4.32 Å². The highest BCUT2D eigenvalue weighted by Crippen LogP contribution is 2.55. The summed E-state index contributed by atoms with van der Waals surface area (Å²) in [5, 5.41) is 0. The topological polar surface area (TPSA) is 0 Å². The van der Waals surface area contributed by atoms with Crippen LogP contribution in [0.2, 0.25) is 0 Å². The molecule has 0 aliphatic heterocycles. The van der Waals surface area contributed by atoms with E-state index in [0.717, 1.165) is 11.8 Å². The number of halogens is 1. The molecule has 60 valence electrons. The second-order valence-corrected chi connectivity index (χ2v) is 6.20. The maximum Gasteiger partial charge on any atom is 0.0444 e. The molecule has 0 spiro atoms. The van der Waals surface area contributed by atoms with Crippen LogP contribution in [0.15, 0.2) is 11.6 Å². The van der Waals surface area contributed by atoms with Crippen molar-refractivity contribution in [2.45, 2.75) is 36.4 Å². The first-order valence-corrected chi connectivity index (χ1v) is 5.42. The van der Waals surface area contributed by atoms with Crippen molar-refractivity contribution in [1.82, 2.24) is 0 Å². The van der Waals surface area contributed by atoms with Crippen molar-refractivity contribution < 1.29 is 0 Å². The van der Waals surface area contributed by atoms with Crippen molar-refractivity contribution in [3.05, 3.63) is 11.6 Å². The Hall–Kier alpha value is 0.220. The molecule has 1 heteroatoms. The van der Waals surface area contributed by atoms with Gasteiger partial charge in [-0.05, 0) is 43.9 Å². The van der Waals surface area contributed by atoms with Gasteiger partial charge < -0.3 is 0 Å². The molecular weight excluding hydrogens is 200 g/mol. The van der Waals surface area contributed by atoms with Gasteiger partial charge in [-0.25, -0.2) is 0 Å². The number of rotatable bonds is 0. The highest BCUT2D eigenvalue weighted by molar-refractivity contribution is 9.10. The van der Waals surface area contributed by atoms with Gasteiger partial charge in [0.2, 0.25) is 0 Å². The van der Waals surface area contributed by atoms with Crippen molar-refractivity contribution in [3.63, 3.8) is 0 Å². The average Bonchev–Trinajstić information content (AvgIpc) is 1.79. The smallest absolute Gasteiger partial charge is 0.0444 e. The van der Waals surface area contributed by atoms with Crippen LogP contribution < -0.4 is 0 Å². The van der Waals surface area contributed by atoms with Crippen LogP contribution in [0.3, 0.4) is 0 Å². The number of allylic oxidation sites excluding steroid dienone is 2. The molecule has 4 aliphatic carbocycles. The number of hydrogen-bond acceptors (Lipinski definition) is 0. The van der Waals surface area contributed by atoms with Crippen LogP contribution in [0.1, 0.15) is 32.1 Å². The lowest BCUT2D eigenvalue weighted by atomic mass is 9.61. The van der Waals surface area contributed by atoms with Gasteiger partial charge in [-0.2, -0.15) is 0 Å². The fraction of sp³-hybridized carbons (Fsp3) is 0.800. The van der Waals surface area contributed by atoms with E-state index < -0.39 is 0 Å². The quantitative estimate of drug-likeness (QED) is 0.428. The Morgan fingerprint density at radius 3 is 2.36 bits per heavy atom. The van der Waals surface area contributed by atoms with Crippen molar-refractivity contribution in [3.8, 4) is 0 Å². The molecule has 4 aliphatic rings. The second-order valence-electron chi connectivity index (χ2n) is 4.62.